The van der Waals surface area contributed by atoms with Gasteiger partial charge in [0.25, 0.3) is 0 Å². The summed E-state index contributed by atoms with van der Waals surface area (Å²) < 4.78 is 5.15. The van der Waals surface area contributed by atoms with Gasteiger partial charge in [-0.15, -0.1) is 11.3 Å². The number of likely N-dealkylation sites (N-methyl/N-ethyl adjacent to an activating group) is 1. The van der Waals surface area contributed by atoms with E-state index >= 15 is 0 Å². The van der Waals surface area contributed by atoms with Gasteiger partial charge in [-0.25, -0.2) is 0 Å². The van der Waals surface area contributed by atoms with Gasteiger partial charge in [0.1, 0.15) is 0 Å². The van der Waals surface area contributed by atoms with Gasteiger partial charge in [-0.2, -0.15) is 0 Å². The van der Waals surface area contributed by atoms with Crippen molar-refractivity contribution >= 4 is 11.3 Å². The highest BCUT2D eigenvalue weighted by Crippen LogP contribution is 2.14. The van der Waals surface area contributed by atoms with Crippen LogP contribution in [-0.4, -0.2) is 44.8 Å². The molecule has 0 amide bonds. The number of methoxy groups -OCH3 is 1. The van der Waals surface area contributed by atoms with E-state index in [-0.39, 0.29) is 0 Å². The third-order valence-corrected chi connectivity index (χ3v) is 4.08. The molecule has 0 aliphatic heterocycles. The second kappa shape index (κ2) is 7.82. The standard InChI is InChI=1S/C13H24N2OS/c1-11-5-8-17-13(11)9-14-6-7-15(3)12(2)10-16-4/h5,8,12,14H,6-7,9-10H2,1-4H3. The Bertz CT molecular complexity index is 314. The fourth-order valence-corrected chi connectivity index (χ4v) is 2.51. The van der Waals surface area contributed by atoms with Gasteiger partial charge in [0, 0.05) is 37.7 Å². The number of hydrogen-bond acceptors (Lipinski definition) is 4. The van der Waals surface area contributed by atoms with Crippen molar-refractivity contribution in [2.45, 2.75) is 26.4 Å². The van der Waals surface area contributed by atoms with Gasteiger partial charge in [0.05, 0.1) is 6.61 Å². The molecule has 0 bridgehead atoms. The number of hydrogen-bond donors (Lipinski definition) is 1. The van der Waals surface area contributed by atoms with E-state index in [2.05, 4.69) is 42.6 Å². The zero-order chi connectivity index (χ0) is 12.7. The number of aryl methyl sites for hydroxylation is 1. The Kier molecular flexibility index (Phi) is 6.73. The second-order valence-electron chi connectivity index (χ2n) is 4.49. The average Bonchev–Trinajstić information content (AvgIpc) is 2.70. The highest BCUT2D eigenvalue weighted by atomic mass is 32.1. The molecule has 0 saturated carbocycles. The smallest absolute Gasteiger partial charge is 0.0615 e. The Labute approximate surface area is 109 Å². The van der Waals surface area contributed by atoms with E-state index in [1.807, 2.05) is 11.3 Å². The van der Waals surface area contributed by atoms with E-state index in [1.165, 1.54) is 10.4 Å². The molecule has 0 saturated heterocycles. The molecule has 1 atom stereocenters. The van der Waals surface area contributed by atoms with Gasteiger partial charge in [-0.05, 0) is 37.9 Å². The van der Waals surface area contributed by atoms with Crippen molar-refractivity contribution in [3.63, 3.8) is 0 Å². The van der Waals surface area contributed by atoms with Crippen LogP contribution in [0.15, 0.2) is 11.4 Å². The van der Waals surface area contributed by atoms with Crippen molar-refractivity contribution in [2.24, 2.45) is 0 Å². The Balaban J connectivity index is 2.14. The van der Waals surface area contributed by atoms with Crippen LogP contribution in [0.25, 0.3) is 0 Å². The molecule has 0 aromatic carbocycles. The zero-order valence-electron chi connectivity index (χ0n) is 11.3. The molecule has 1 N–H and O–H groups in total. The first-order chi connectivity index (χ1) is 8.15. The number of nitrogens with zero attached hydrogens (tertiary/aromatic N) is 1. The fraction of sp³-hybridized carbons (Fsp3) is 0.692. The lowest BCUT2D eigenvalue weighted by Gasteiger charge is -2.23. The lowest BCUT2D eigenvalue weighted by Crippen LogP contribution is -2.37. The Morgan fingerprint density at radius 2 is 2.29 bits per heavy atom. The van der Waals surface area contributed by atoms with Crippen LogP contribution in [0.4, 0.5) is 0 Å². The highest BCUT2D eigenvalue weighted by Gasteiger charge is 2.07. The van der Waals surface area contributed by atoms with Crippen LogP contribution in [-0.2, 0) is 11.3 Å². The Morgan fingerprint density at radius 3 is 2.88 bits per heavy atom. The largest absolute Gasteiger partial charge is 0.383 e. The summed E-state index contributed by atoms with van der Waals surface area (Å²) in [6.07, 6.45) is 0. The molecule has 0 spiro atoms. The zero-order valence-corrected chi connectivity index (χ0v) is 12.1. The predicted molar refractivity (Wildman–Crippen MR) is 74.7 cm³/mol. The van der Waals surface area contributed by atoms with Crippen molar-refractivity contribution in [3.05, 3.63) is 21.9 Å². The summed E-state index contributed by atoms with van der Waals surface area (Å²) in [6.45, 7) is 8.20. The summed E-state index contributed by atoms with van der Waals surface area (Å²) in [4.78, 5) is 3.76. The molecule has 1 heterocycles. The van der Waals surface area contributed by atoms with Crippen LogP contribution < -0.4 is 5.32 Å². The second-order valence-corrected chi connectivity index (χ2v) is 5.49. The van der Waals surface area contributed by atoms with E-state index in [0.29, 0.717) is 6.04 Å². The maximum atomic E-state index is 5.15. The molecule has 1 unspecified atom stereocenters. The van der Waals surface area contributed by atoms with Gasteiger partial charge in [-0.3, -0.25) is 0 Å². The quantitative estimate of drug-likeness (QED) is 0.721. The SMILES string of the molecule is COCC(C)N(C)CCNCc1sccc1C. The Hall–Kier alpha value is -0.420. The minimum Gasteiger partial charge on any atom is -0.383 e. The molecule has 1 rings (SSSR count). The number of rotatable bonds is 8. The maximum Gasteiger partial charge on any atom is 0.0615 e. The van der Waals surface area contributed by atoms with E-state index in [4.69, 9.17) is 4.74 Å². The first-order valence-electron chi connectivity index (χ1n) is 6.08. The van der Waals surface area contributed by atoms with Crippen molar-refractivity contribution in [1.29, 1.82) is 0 Å². The molecule has 3 nitrogen and oxygen atoms in total. The molecule has 0 fully saturated rings. The fourth-order valence-electron chi connectivity index (χ4n) is 1.63. The number of thiophene rings is 1. The molecule has 1 aromatic heterocycles. The molecule has 4 heteroatoms. The third-order valence-electron chi connectivity index (χ3n) is 3.06. The molecule has 17 heavy (non-hydrogen) atoms. The van der Waals surface area contributed by atoms with E-state index in [1.54, 1.807) is 7.11 Å². The number of nitrogens with one attached hydrogen (secondary N) is 1. The third kappa shape index (κ3) is 5.17. The average molecular weight is 256 g/mol. The van der Waals surface area contributed by atoms with Gasteiger partial charge in [0.2, 0.25) is 0 Å². The molecule has 98 valence electrons. The lowest BCUT2D eigenvalue weighted by atomic mass is 10.3. The molecule has 0 radical (unpaired) electrons. The molecule has 1 aromatic rings. The van der Waals surface area contributed by atoms with Crippen molar-refractivity contribution in [2.75, 3.05) is 33.9 Å². The van der Waals surface area contributed by atoms with Crippen molar-refractivity contribution < 1.29 is 4.74 Å². The van der Waals surface area contributed by atoms with Crippen LogP contribution in [0.3, 0.4) is 0 Å². The van der Waals surface area contributed by atoms with Crippen LogP contribution in [0, 0.1) is 6.92 Å². The van der Waals surface area contributed by atoms with Gasteiger partial charge >= 0.3 is 0 Å². The van der Waals surface area contributed by atoms with Crippen LogP contribution in [0.1, 0.15) is 17.4 Å². The summed E-state index contributed by atoms with van der Waals surface area (Å²) in [5.74, 6) is 0. The maximum absolute atomic E-state index is 5.15. The summed E-state index contributed by atoms with van der Waals surface area (Å²) in [6, 6.07) is 2.65. The van der Waals surface area contributed by atoms with Crippen molar-refractivity contribution in [1.82, 2.24) is 10.2 Å². The van der Waals surface area contributed by atoms with Crippen LogP contribution in [0.5, 0.6) is 0 Å². The molecule has 0 aliphatic carbocycles. The summed E-state index contributed by atoms with van der Waals surface area (Å²) in [5, 5.41) is 5.64. The Morgan fingerprint density at radius 1 is 1.53 bits per heavy atom. The topological polar surface area (TPSA) is 24.5 Å². The summed E-state index contributed by atoms with van der Waals surface area (Å²) >= 11 is 1.83. The highest BCUT2D eigenvalue weighted by molar-refractivity contribution is 7.10. The minimum atomic E-state index is 0.477. The first kappa shape index (κ1) is 14.6. The van der Waals surface area contributed by atoms with E-state index < -0.39 is 0 Å². The van der Waals surface area contributed by atoms with Gasteiger partial charge in [-0.1, -0.05) is 0 Å². The normalized spacial score (nSPS) is 13.2. The summed E-state index contributed by atoms with van der Waals surface area (Å²) in [7, 11) is 3.89. The number of ether oxygens (including phenoxy) is 1. The van der Waals surface area contributed by atoms with Gasteiger partial charge in [0.15, 0.2) is 0 Å². The first-order valence-corrected chi connectivity index (χ1v) is 6.96. The van der Waals surface area contributed by atoms with Crippen molar-refractivity contribution in [3.8, 4) is 0 Å². The molecular weight excluding hydrogens is 232 g/mol. The van der Waals surface area contributed by atoms with E-state index in [9.17, 15) is 0 Å². The van der Waals surface area contributed by atoms with Crippen LogP contribution >= 0.6 is 11.3 Å². The predicted octanol–water partition coefficient (Wildman–Crippen LogP) is 2.11. The van der Waals surface area contributed by atoms with E-state index in [0.717, 1.165) is 26.2 Å². The monoisotopic (exact) mass is 256 g/mol. The lowest BCUT2D eigenvalue weighted by molar-refractivity contribution is 0.116. The van der Waals surface area contributed by atoms with Crippen LogP contribution in [0.2, 0.25) is 0 Å². The summed E-state index contributed by atoms with van der Waals surface area (Å²) in [5.41, 5.74) is 1.39. The minimum absolute atomic E-state index is 0.477. The van der Waals surface area contributed by atoms with Gasteiger partial charge < -0.3 is 15.0 Å². The molecular formula is C13H24N2OS. The molecule has 0 aliphatic rings.